The number of hydrazine groups is 1. The Hall–Kier alpha value is -4.42. The van der Waals surface area contributed by atoms with Gasteiger partial charge in [-0.15, -0.1) is 0 Å². The molecule has 0 fully saturated rings. The number of aliphatic imine (C=N–C) groups is 1. The van der Waals surface area contributed by atoms with E-state index in [-0.39, 0.29) is 36.1 Å². The second-order valence-corrected chi connectivity index (χ2v) is 13.0. The van der Waals surface area contributed by atoms with Crippen molar-refractivity contribution in [2.75, 3.05) is 25.5 Å². The number of nitrogens with one attached hydrogen (secondary N) is 2. The maximum absolute atomic E-state index is 14.3. The van der Waals surface area contributed by atoms with Crippen molar-refractivity contribution in [3.8, 4) is 5.75 Å². The fourth-order valence-electron chi connectivity index (χ4n) is 5.14. The Kier molecular flexibility index (Phi) is 12.6. The lowest BCUT2D eigenvalue weighted by atomic mass is 9.83. The van der Waals surface area contributed by atoms with E-state index in [9.17, 15) is 13.2 Å². The van der Waals surface area contributed by atoms with Crippen LogP contribution >= 0.6 is 0 Å². The van der Waals surface area contributed by atoms with Gasteiger partial charge in [-0.1, -0.05) is 67.3 Å². The number of benzene rings is 3. The van der Waals surface area contributed by atoms with Gasteiger partial charge in [0.25, 0.3) is 5.91 Å². The number of amides is 1. The van der Waals surface area contributed by atoms with Crippen LogP contribution in [-0.4, -0.2) is 56.4 Å². The number of hydrogen-bond acceptors (Lipinski definition) is 9. The highest BCUT2D eigenvalue weighted by Crippen LogP contribution is 2.44. The van der Waals surface area contributed by atoms with E-state index in [1.807, 2.05) is 0 Å². The van der Waals surface area contributed by atoms with Crippen LogP contribution in [0.2, 0.25) is 0 Å². The lowest BCUT2D eigenvalue weighted by Gasteiger charge is -2.31. The molecular weight excluding hydrogens is 608 g/mol. The molecule has 0 saturated carbocycles. The first-order valence-corrected chi connectivity index (χ1v) is 17.0. The first-order chi connectivity index (χ1) is 22.3. The highest BCUT2D eigenvalue weighted by atomic mass is 32.2. The third-order valence-corrected chi connectivity index (χ3v) is 9.37. The predicted molar refractivity (Wildman–Crippen MR) is 175 cm³/mol. The molecule has 12 nitrogen and oxygen atoms in total. The SMILES string of the molecule is CCCCCNNC(=O)[C@@]1(CCS(=O)(=O)c2ccccc2)N=C(c2ccc(OCCCO)cc2)O[C@H]1c1ccccc1CN=[N+]=[N-]. The minimum Gasteiger partial charge on any atom is -0.494 e. The quantitative estimate of drug-likeness (QED) is 0.0559. The molecule has 0 unspecified atom stereocenters. The minimum absolute atomic E-state index is 0.00295. The molecular formula is C33H40N6O6S. The molecule has 3 N–H and O–H groups in total. The summed E-state index contributed by atoms with van der Waals surface area (Å²) in [4.78, 5) is 22.2. The molecule has 244 valence electrons. The van der Waals surface area contributed by atoms with Crippen molar-refractivity contribution in [2.24, 2.45) is 10.1 Å². The van der Waals surface area contributed by atoms with Gasteiger partial charge < -0.3 is 14.6 Å². The van der Waals surface area contributed by atoms with E-state index in [1.165, 1.54) is 12.1 Å². The van der Waals surface area contributed by atoms with Crippen LogP contribution in [0.3, 0.4) is 0 Å². The van der Waals surface area contributed by atoms with Gasteiger partial charge in [0.1, 0.15) is 5.75 Å². The van der Waals surface area contributed by atoms with Crippen molar-refractivity contribution >= 4 is 21.6 Å². The van der Waals surface area contributed by atoms with Gasteiger partial charge >= 0.3 is 0 Å². The first-order valence-electron chi connectivity index (χ1n) is 15.3. The van der Waals surface area contributed by atoms with Gasteiger partial charge in [0.15, 0.2) is 21.5 Å². The van der Waals surface area contributed by atoms with Crippen LogP contribution in [0.1, 0.15) is 61.8 Å². The molecule has 0 bridgehead atoms. The number of hydrogen-bond donors (Lipinski definition) is 3. The Bertz CT molecular complexity index is 1630. The summed E-state index contributed by atoms with van der Waals surface area (Å²) in [6.45, 7) is 2.96. The monoisotopic (exact) mass is 648 g/mol. The Morgan fingerprint density at radius 3 is 2.52 bits per heavy atom. The lowest BCUT2D eigenvalue weighted by Crippen LogP contribution is -2.53. The summed E-state index contributed by atoms with van der Waals surface area (Å²) in [5, 5.41) is 12.8. The third-order valence-electron chi connectivity index (χ3n) is 7.63. The van der Waals surface area contributed by atoms with Crippen molar-refractivity contribution in [1.29, 1.82) is 0 Å². The molecule has 4 rings (SSSR count). The number of nitrogens with zero attached hydrogens (tertiary/aromatic N) is 4. The van der Waals surface area contributed by atoms with Crippen LogP contribution in [0, 0.1) is 0 Å². The molecule has 0 aromatic heterocycles. The summed E-state index contributed by atoms with van der Waals surface area (Å²) in [6.07, 6.45) is 2.07. The molecule has 1 aliphatic heterocycles. The smallest absolute Gasteiger partial charge is 0.266 e. The molecule has 0 radical (unpaired) electrons. The molecule has 1 aliphatic rings. The summed E-state index contributed by atoms with van der Waals surface area (Å²) in [7, 11) is -3.81. The minimum atomic E-state index is -3.81. The molecule has 0 spiro atoms. The van der Waals surface area contributed by atoms with E-state index < -0.39 is 27.4 Å². The molecule has 1 heterocycles. The fraction of sp³-hybridized carbons (Fsp3) is 0.394. The predicted octanol–water partition coefficient (Wildman–Crippen LogP) is 5.19. The number of sulfone groups is 1. The normalized spacial score (nSPS) is 17.4. The largest absolute Gasteiger partial charge is 0.494 e. The van der Waals surface area contributed by atoms with Crippen molar-refractivity contribution in [2.45, 2.75) is 62.1 Å². The van der Waals surface area contributed by atoms with Crippen molar-refractivity contribution < 1.29 is 27.8 Å². The van der Waals surface area contributed by atoms with Crippen LogP contribution in [0.4, 0.5) is 0 Å². The van der Waals surface area contributed by atoms with Crippen LogP contribution < -0.4 is 15.6 Å². The average molecular weight is 649 g/mol. The van der Waals surface area contributed by atoms with Gasteiger partial charge in [0, 0.05) is 36.5 Å². The molecule has 0 aliphatic carbocycles. The summed E-state index contributed by atoms with van der Waals surface area (Å²) < 4.78 is 39.2. The van der Waals surface area contributed by atoms with E-state index >= 15 is 0 Å². The topological polar surface area (TPSA) is 175 Å². The Morgan fingerprint density at radius 1 is 1.07 bits per heavy atom. The summed E-state index contributed by atoms with van der Waals surface area (Å²) >= 11 is 0. The first kappa shape index (κ1) is 34.5. The molecule has 46 heavy (non-hydrogen) atoms. The Labute approximate surface area is 269 Å². The molecule has 3 aromatic carbocycles. The lowest BCUT2D eigenvalue weighted by molar-refractivity contribution is -0.130. The molecule has 1 amide bonds. The molecule has 3 aromatic rings. The third kappa shape index (κ3) is 8.64. The highest BCUT2D eigenvalue weighted by Gasteiger charge is 2.54. The van der Waals surface area contributed by atoms with Gasteiger partial charge in [-0.3, -0.25) is 10.2 Å². The molecule has 0 saturated heterocycles. The Balaban J connectivity index is 1.78. The maximum atomic E-state index is 14.3. The van der Waals surface area contributed by atoms with E-state index in [0.29, 0.717) is 42.0 Å². The highest BCUT2D eigenvalue weighted by molar-refractivity contribution is 7.91. The van der Waals surface area contributed by atoms with E-state index in [4.69, 9.17) is 25.1 Å². The van der Waals surface area contributed by atoms with Crippen LogP contribution in [-0.2, 0) is 25.9 Å². The van der Waals surface area contributed by atoms with Gasteiger partial charge in [-0.25, -0.2) is 18.8 Å². The van der Waals surface area contributed by atoms with Crippen molar-refractivity contribution in [3.63, 3.8) is 0 Å². The van der Waals surface area contributed by atoms with Gasteiger partial charge in [-0.05, 0) is 59.5 Å². The number of rotatable bonds is 18. The van der Waals surface area contributed by atoms with E-state index in [0.717, 1.165) is 19.3 Å². The van der Waals surface area contributed by atoms with Gasteiger partial charge in [-0.2, -0.15) is 0 Å². The standard InChI is InChI=1S/C33H40N6O6S/c1-2-3-9-20-35-38-32(41)33(19-23-46(42,43)28-12-5-4-6-13-28)30(29-14-8-7-11-26(29)24-36-39-34)45-31(37-33)25-15-17-27(18-16-25)44-22-10-21-40/h4-8,11-18,30,35,40H,2-3,9-10,19-24H2,1H3,(H,38,41)/t30-,33-/m0/s1. The number of aliphatic hydroxyl groups is 1. The number of carbonyl (C=O) groups excluding carboxylic acids is 1. The van der Waals surface area contributed by atoms with E-state index in [1.54, 1.807) is 66.7 Å². The van der Waals surface area contributed by atoms with Crippen molar-refractivity contribution in [3.05, 3.63) is 106 Å². The fourth-order valence-corrected chi connectivity index (χ4v) is 6.53. The second-order valence-electron chi connectivity index (χ2n) is 10.8. The summed E-state index contributed by atoms with van der Waals surface area (Å²) in [5.74, 6) is -0.188. The summed E-state index contributed by atoms with van der Waals surface area (Å²) in [6, 6.07) is 22.1. The van der Waals surface area contributed by atoms with Crippen LogP contribution in [0.15, 0.2) is 93.9 Å². The zero-order chi connectivity index (χ0) is 32.8. The summed E-state index contributed by atoms with van der Waals surface area (Å²) in [5.41, 5.74) is 14.8. The molecule has 13 heteroatoms. The number of aliphatic hydroxyl groups excluding tert-OH is 1. The zero-order valence-electron chi connectivity index (χ0n) is 25.8. The van der Waals surface area contributed by atoms with Crippen LogP contribution in [0.25, 0.3) is 10.4 Å². The van der Waals surface area contributed by atoms with Crippen molar-refractivity contribution in [1.82, 2.24) is 10.9 Å². The van der Waals surface area contributed by atoms with Gasteiger partial charge in [0.2, 0.25) is 5.90 Å². The van der Waals surface area contributed by atoms with E-state index in [2.05, 4.69) is 27.8 Å². The number of azide groups is 1. The average Bonchev–Trinajstić information content (AvgIpc) is 3.48. The zero-order valence-corrected chi connectivity index (χ0v) is 26.7. The van der Waals surface area contributed by atoms with Crippen LogP contribution in [0.5, 0.6) is 5.75 Å². The number of carbonyl (C=O) groups is 1. The Morgan fingerprint density at radius 2 is 1.80 bits per heavy atom. The number of ether oxygens (including phenoxy) is 2. The number of unbranched alkanes of at least 4 members (excludes halogenated alkanes) is 2. The second kappa shape index (κ2) is 16.8. The maximum Gasteiger partial charge on any atom is 0.266 e. The molecule has 2 atom stereocenters. The van der Waals surface area contributed by atoms with Gasteiger partial charge in [0.05, 0.1) is 23.8 Å².